The van der Waals surface area contributed by atoms with E-state index in [0.717, 1.165) is 5.56 Å². The quantitative estimate of drug-likeness (QED) is 0.696. The van der Waals surface area contributed by atoms with Gasteiger partial charge in [-0.3, -0.25) is 0 Å². The van der Waals surface area contributed by atoms with Crippen LogP contribution in [-0.4, -0.2) is 33.4 Å². The van der Waals surface area contributed by atoms with E-state index in [1.807, 2.05) is 30.3 Å². The minimum absolute atomic E-state index is 0.421. The number of esters is 1. The number of aryl methyl sites for hydroxylation is 1. The van der Waals surface area contributed by atoms with Gasteiger partial charge in [-0.1, -0.05) is 30.3 Å². The number of hydrogen-bond acceptors (Lipinski definition) is 5. The summed E-state index contributed by atoms with van der Waals surface area (Å²) >= 11 is 0. The van der Waals surface area contributed by atoms with Crippen molar-refractivity contribution in [2.45, 2.75) is 18.9 Å². The largest absolute Gasteiger partial charge is 0.497 e. The third-order valence-electron chi connectivity index (χ3n) is 3.64. The normalized spacial score (nSPS) is 11.5. The molecule has 1 atom stereocenters. The third-order valence-corrected chi connectivity index (χ3v) is 3.64. The van der Waals surface area contributed by atoms with Crippen LogP contribution in [0.1, 0.15) is 12.0 Å². The average Bonchev–Trinajstić information content (AvgIpc) is 2.65. The molecule has 0 spiro atoms. The van der Waals surface area contributed by atoms with Gasteiger partial charge in [0.15, 0.2) is 17.6 Å². The van der Waals surface area contributed by atoms with E-state index in [2.05, 4.69) is 0 Å². The molecule has 0 aromatic heterocycles. The number of rotatable bonds is 8. The molecule has 0 saturated carbocycles. The molecule has 5 heteroatoms. The van der Waals surface area contributed by atoms with Crippen molar-refractivity contribution >= 4 is 5.97 Å². The topological polar surface area (TPSA) is 54.0 Å². The zero-order chi connectivity index (χ0) is 17.4. The summed E-state index contributed by atoms with van der Waals surface area (Å²) in [7, 11) is 4.47. The Morgan fingerprint density at radius 1 is 0.958 bits per heavy atom. The third kappa shape index (κ3) is 4.65. The van der Waals surface area contributed by atoms with Gasteiger partial charge in [-0.05, 0) is 30.5 Å². The second-order valence-corrected chi connectivity index (χ2v) is 5.17. The molecule has 0 bridgehead atoms. The van der Waals surface area contributed by atoms with Gasteiger partial charge in [0.05, 0.1) is 21.3 Å². The van der Waals surface area contributed by atoms with E-state index in [1.165, 1.54) is 7.11 Å². The molecule has 0 amide bonds. The van der Waals surface area contributed by atoms with E-state index in [4.69, 9.17) is 18.9 Å². The van der Waals surface area contributed by atoms with Crippen LogP contribution in [-0.2, 0) is 16.0 Å². The van der Waals surface area contributed by atoms with Crippen LogP contribution in [0.25, 0.3) is 0 Å². The van der Waals surface area contributed by atoms with Crippen LogP contribution in [0.3, 0.4) is 0 Å². The Morgan fingerprint density at radius 2 is 1.71 bits per heavy atom. The van der Waals surface area contributed by atoms with E-state index >= 15 is 0 Å². The molecule has 2 rings (SSSR count). The van der Waals surface area contributed by atoms with Gasteiger partial charge in [0.2, 0.25) is 0 Å². The highest BCUT2D eigenvalue weighted by Crippen LogP contribution is 2.32. The molecule has 0 N–H and O–H groups in total. The zero-order valence-corrected chi connectivity index (χ0v) is 14.2. The summed E-state index contributed by atoms with van der Waals surface area (Å²) in [6.07, 6.45) is 0.473. The van der Waals surface area contributed by atoms with Crippen molar-refractivity contribution < 1.29 is 23.7 Å². The number of carbonyl (C=O) groups is 1. The highest BCUT2D eigenvalue weighted by atomic mass is 16.6. The highest BCUT2D eigenvalue weighted by Gasteiger charge is 2.23. The van der Waals surface area contributed by atoms with Crippen molar-refractivity contribution in [1.82, 2.24) is 0 Å². The number of benzene rings is 2. The molecule has 128 valence electrons. The number of methoxy groups -OCH3 is 3. The molecule has 0 fully saturated rings. The second-order valence-electron chi connectivity index (χ2n) is 5.17. The molecular formula is C19H22O5. The molecule has 0 aliphatic heterocycles. The van der Waals surface area contributed by atoms with E-state index in [1.54, 1.807) is 32.4 Å². The average molecular weight is 330 g/mol. The van der Waals surface area contributed by atoms with E-state index in [9.17, 15) is 4.79 Å². The zero-order valence-electron chi connectivity index (χ0n) is 14.2. The molecule has 5 nitrogen and oxygen atoms in total. The first kappa shape index (κ1) is 17.7. The Kier molecular flexibility index (Phi) is 6.49. The van der Waals surface area contributed by atoms with Crippen LogP contribution in [0.5, 0.6) is 17.2 Å². The first-order chi connectivity index (χ1) is 11.7. The first-order valence-electron chi connectivity index (χ1n) is 7.68. The van der Waals surface area contributed by atoms with Crippen LogP contribution in [0.4, 0.5) is 0 Å². The molecule has 0 saturated heterocycles. The van der Waals surface area contributed by atoms with Crippen LogP contribution >= 0.6 is 0 Å². The molecule has 2 aromatic carbocycles. The number of ether oxygens (including phenoxy) is 4. The summed E-state index contributed by atoms with van der Waals surface area (Å²) in [5, 5.41) is 0. The lowest BCUT2D eigenvalue weighted by Crippen LogP contribution is -2.29. The second kappa shape index (κ2) is 8.82. The lowest BCUT2D eigenvalue weighted by Gasteiger charge is -2.19. The van der Waals surface area contributed by atoms with Crippen molar-refractivity contribution in [2.24, 2.45) is 0 Å². The van der Waals surface area contributed by atoms with E-state index in [0.29, 0.717) is 30.1 Å². The molecule has 0 radical (unpaired) electrons. The summed E-state index contributed by atoms with van der Waals surface area (Å²) < 4.78 is 21.2. The van der Waals surface area contributed by atoms with Gasteiger partial charge in [0, 0.05) is 6.07 Å². The van der Waals surface area contributed by atoms with Crippen LogP contribution in [0.15, 0.2) is 48.5 Å². The van der Waals surface area contributed by atoms with Crippen LogP contribution < -0.4 is 14.2 Å². The maximum Gasteiger partial charge on any atom is 0.347 e. The maximum absolute atomic E-state index is 12.1. The molecular weight excluding hydrogens is 308 g/mol. The maximum atomic E-state index is 12.1. The minimum Gasteiger partial charge on any atom is -0.497 e. The fourth-order valence-electron chi connectivity index (χ4n) is 2.33. The Labute approximate surface area is 142 Å². The molecule has 0 aliphatic carbocycles. The van der Waals surface area contributed by atoms with Gasteiger partial charge >= 0.3 is 5.97 Å². The van der Waals surface area contributed by atoms with Gasteiger partial charge in [0.25, 0.3) is 0 Å². The lowest BCUT2D eigenvalue weighted by molar-refractivity contribution is -0.149. The van der Waals surface area contributed by atoms with Crippen molar-refractivity contribution in [3.05, 3.63) is 54.1 Å². The van der Waals surface area contributed by atoms with Gasteiger partial charge in [0.1, 0.15) is 5.75 Å². The Hall–Kier alpha value is -2.69. The van der Waals surface area contributed by atoms with Gasteiger partial charge in [-0.25, -0.2) is 4.79 Å². The van der Waals surface area contributed by atoms with Crippen molar-refractivity contribution in [3.8, 4) is 17.2 Å². The minimum atomic E-state index is -0.726. The van der Waals surface area contributed by atoms with Crippen molar-refractivity contribution in [1.29, 1.82) is 0 Å². The summed E-state index contributed by atoms with van der Waals surface area (Å²) in [6.45, 7) is 0. The SMILES string of the molecule is COC(=O)C(CCc1ccccc1)Oc1cc(OC)ccc1OC. The van der Waals surface area contributed by atoms with Gasteiger partial charge < -0.3 is 18.9 Å². The van der Waals surface area contributed by atoms with E-state index < -0.39 is 12.1 Å². The van der Waals surface area contributed by atoms with Crippen LogP contribution in [0, 0.1) is 0 Å². The van der Waals surface area contributed by atoms with E-state index in [-0.39, 0.29) is 0 Å². The molecule has 24 heavy (non-hydrogen) atoms. The molecule has 0 heterocycles. The van der Waals surface area contributed by atoms with Crippen LogP contribution in [0.2, 0.25) is 0 Å². The summed E-state index contributed by atoms with van der Waals surface area (Å²) in [5.74, 6) is 1.18. The predicted octanol–water partition coefficient (Wildman–Crippen LogP) is 3.26. The summed E-state index contributed by atoms with van der Waals surface area (Å²) in [4.78, 5) is 12.1. The number of carbonyl (C=O) groups excluding carboxylic acids is 1. The highest BCUT2D eigenvalue weighted by molar-refractivity contribution is 5.75. The molecule has 1 unspecified atom stereocenters. The molecule has 2 aromatic rings. The monoisotopic (exact) mass is 330 g/mol. The Bertz CT molecular complexity index is 654. The van der Waals surface area contributed by atoms with Gasteiger partial charge in [-0.15, -0.1) is 0 Å². The fourth-order valence-corrected chi connectivity index (χ4v) is 2.33. The Morgan fingerprint density at radius 3 is 2.33 bits per heavy atom. The summed E-state index contributed by atoms with van der Waals surface area (Å²) in [5.41, 5.74) is 1.13. The summed E-state index contributed by atoms with van der Waals surface area (Å²) in [6, 6.07) is 15.1. The molecule has 0 aliphatic rings. The smallest absolute Gasteiger partial charge is 0.347 e. The fraction of sp³-hybridized carbons (Fsp3) is 0.316. The first-order valence-corrected chi connectivity index (χ1v) is 7.68. The van der Waals surface area contributed by atoms with Crippen molar-refractivity contribution in [3.63, 3.8) is 0 Å². The van der Waals surface area contributed by atoms with Gasteiger partial charge in [-0.2, -0.15) is 0 Å². The number of hydrogen-bond donors (Lipinski definition) is 0. The standard InChI is InChI=1S/C19H22O5/c1-21-15-10-12-16(22-2)18(13-15)24-17(19(20)23-3)11-9-14-7-5-4-6-8-14/h4-8,10,12-13,17H,9,11H2,1-3H3. The lowest BCUT2D eigenvalue weighted by atomic mass is 10.1. The Balaban J connectivity index is 2.15. The van der Waals surface area contributed by atoms with Crippen molar-refractivity contribution in [2.75, 3.05) is 21.3 Å². The predicted molar refractivity (Wildman–Crippen MR) is 90.7 cm³/mol.